The maximum atomic E-state index is 9.74. The molecule has 2 N–H and O–H groups in total. The Morgan fingerprint density at radius 3 is 2.52 bits per heavy atom. The summed E-state index contributed by atoms with van der Waals surface area (Å²) < 4.78 is 7.26. The van der Waals surface area contributed by atoms with E-state index in [-0.39, 0.29) is 22.6 Å². The topological polar surface area (TPSA) is 105 Å². The number of furan rings is 1. The van der Waals surface area contributed by atoms with Crippen molar-refractivity contribution in [3.63, 3.8) is 0 Å². The van der Waals surface area contributed by atoms with Gasteiger partial charge in [0.2, 0.25) is 0 Å². The minimum atomic E-state index is 0.112. The van der Waals surface area contributed by atoms with Gasteiger partial charge in [-0.3, -0.25) is 0 Å². The highest BCUT2D eigenvalue weighted by Crippen LogP contribution is 2.35. The van der Waals surface area contributed by atoms with Crippen LogP contribution in [0.15, 0.2) is 65.1 Å². The second-order valence-corrected chi connectivity index (χ2v) is 7.23. The van der Waals surface area contributed by atoms with Crippen LogP contribution in [-0.4, -0.2) is 9.78 Å². The molecule has 2 aromatic heterocycles. The molecule has 0 radical (unpaired) electrons. The minimum Gasteiger partial charge on any atom is -0.457 e. The number of nitrogen functional groups attached to an aromatic ring is 1. The van der Waals surface area contributed by atoms with Crippen molar-refractivity contribution < 1.29 is 4.42 Å². The van der Waals surface area contributed by atoms with Crippen molar-refractivity contribution in [3.8, 4) is 29.1 Å². The molecule has 0 fully saturated rings. The molecule has 0 aliphatic heterocycles. The van der Waals surface area contributed by atoms with E-state index in [1.54, 1.807) is 42.5 Å². The van der Waals surface area contributed by atoms with Crippen LogP contribution in [0.5, 0.6) is 0 Å². The zero-order valence-electron chi connectivity index (χ0n) is 15.9. The van der Waals surface area contributed by atoms with Gasteiger partial charge in [0.15, 0.2) is 0 Å². The summed E-state index contributed by atoms with van der Waals surface area (Å²) in [5.41, 5.74) is 7.86. The molecule has 0 bridgehead atoms. The fourth-order valence-electron chi connectivity index (χ4n) is 3.06. The highest BCUT2D eigenvalue weighted by atomic mass is 35.5. The quantitative estimate of drug-likeness (QED) is 0.390. The van der Waals surface area contributed by atoms with Crippen LogP contribution in [0.4, 0.5) is 5.82 Å². The molecule has 0 saturated carbocycles. The fourth-order valence-corrected chi connectivity index (χ4v) is 3.45. The van der Waals surface area contributed by atoms with E-state index in [2.05, 4.69) is 11.2 Å². The van der Waals surface area contributed by atoms with Crippen molar-refractivity contribution in [2.24, 2.45) is 0 Å². The van der Waals surface area contributed by atoms with Gasteiger partial charge in [0, 0.05) is 11.6 Å². The number of halogens is 2. The molecule has 0 atom stereocenters. The third-order valence-electron chi connectivity index (χ3n) is 4.54. The average Bonchev–Trinajstić information content (AvgIpc) is 3.38. The average molecular weight is 446 g/mol. The van der Waals surface area contributed by atoms with Crippen LogP contribution in [0.25, 0.3) is 28.7 Å². The van der Waals surface area contributed by atoms with Gasteiger partial charge in [-0.05, 0) is 36.4 Å². The molecule has 4 aromatic rings. The summed E-state index contributed by atoms with van der Waals surface area (Å²) in [7, 11) is 0. The summed E-state index contributed by atoms with van der Waals surface area (Å²) in [4.78, 5) is 0. The lowest BCUT2D eigenvalue weighted by Gasteiger charge is -2.02. The monoisotopic (exact) mass is 445 g/mol. The van der Waals surface area contributed by atoms with E-state index in [4.69, 9.17) is 33.4 Å². The Hall–Kier alpha value is -3.97. The first kappa shape index (κ1) is 20.3. The first-order valence-corrected chi connectivity index (χ1v) is 9.79. The number of allylic oxidation sites excluding steroid dienone is 1. The molecular formula is C23H13Cl2N5O. The Morgan fingerprint density at radius 2 is 1.81 bits per heavy atom. The van der Waals surface area contributed by atoms with Crippen molar-refractivity contribution in [1.82, 2.24) is 9.78 Å². The Kier molecular flexibility index (Phi) is 5.51. The second kappa shape index (κ2) is 8.41. The number of para-hydroxylation sites is 1. The Balaban J connectivity index is 1.77. The number of nitrogens with zero attached hydrogens (tertiary/aromatic N) is 4. The molecule has 8 heteroatoms. The lowest BCUT2D eigenvalue weighted by atomic mass is 10.1. The number of aromatic nitrogens is 2. The molecule has 2 aromatic carbocycles. The van der Waals surface area contributed by atoms with Crippen LogP contribution >= 0.6 is 23.2 Å². The van der Waals surface area contributed by atoms with Gasteiger partial charge in [0.1, 0.15) is 40.7 Å². The Labute approximate surface area is 188 Å². The van der Waals surface area contributed by atoms with Crippen molar-refractivity contribution in [3.05, 3.63) is 87.7 Å². The maximum Gasteiger partial charge on any atom is 0.145 e. The van der Waals surface area contributed by atoms with Crippen molar-refractivity contribution in [1.29, 1.82) is 10.5 Å². The van der Waals surface area contributed by atoms with Gasteiger partial charge in [0.25, 0.3) is 0 Å². The molecule has 0 unspecified atom stereocenters. The van der Waals surface area contributed by atoms with Gasteiger partial charge < -0.3 is 10.2 Å². The van der Waals surface area contributed by atoms with Gasteiger partial charge in [-0.2, -0.15) is 15.6 Å². The number of benzene rings is 2. The molecule has 2 heterocycles. The highest BCUT2D eigenvalue weighted by Gasteiger charge is 2.20. The number of anilines is 1. The Bertz CT molecular complexity index is 1390. The lowest BCUT2D eigenvalue weighted by molar-refractivity contribution is 0.572. The van der Waals surface area contributed by atoms with E-state index in [9.17, 15) is 10.5 Å². The van der Waals surface area contributed by atoms with Crippen molar-refractivity contribution >= 4 is 40.7 Å². The summed E-state index contributed by atoms with van der Waals surface area (Å²) in [6.07, 6.45) is 1.50. The van der Waals surface area contributed by atoms with Crippen LogP contribution in [0.1, 0.15) is 17.0 Å². The van der Waals surface area contributed by atoms with E-state index in [0.29, 0.717) is 32.8 Å². The largest absolute Gasteiger partial charge is 0.457 e. The summed E-state index contributed by atoms with van der Waals surface area (Å²) >= 11 is 12.3. The molecule has 0 saturated heterocycles. The summed E-state index contributed by atoms with van der Waals surface area (Å²) in [6.45, 7) is 0. The molecule has 0 aliphatic carbocycles. The molecule has 4 rings (SSSR count). The third-order valence-corrected chi connectivity index (χ3v) is 5.36. The van der Waals surface area contributed by atoms with Crippen LogP contribution in [0, 0.1) is 22.7 Å². The summed E-state index contributed by atoms with van der Waals surface area (Å²) in [6, 6.07) is 21.9. The van der Waals surface area contributed by atoms with E-state index < -0.39 is 0 Å². The number of nitrogens with two attached hydrogens (primary N) is 1. The molecule has 0 aliphatic rings. The van der Waals surface area contributed by atoms with Gasteiger partial charge >= 0.3 is 0 Å². The number of hydrogen-bond acceptors (Lipinski definition) is 5. The first-order valence-electron chi connectivity index (χ1n) is 9.04. The van der Waals surface area contributed by atoms with E-state index in [1.807, 2.05) is 24.3 Å². The lowest BCUT2D eigenvalue weighted by Crippen LogP contribution is -2.02. The van der Waals surface area contributed by atoms with E-state index >= 15 is 0 Å². The minimum absolute atomic E-state index is 0.112. The van der Waals surface area contributed by atoms with Crippen molar-refractivity contribution in [2.75, 3.05) is 5.73 Å². The molecular weight excluding hydrogens is 433 g/mol. The molecule has 6 nitrogen and oxygen atoms in total. The normalized spacial score (nSPS) is 11.2. The molecule has 150 valence electrons. The van der Waals surface area contributed by atoms with Gasteiger partial charge in [0.05, 0.1) is 21.3 Å². The molecule has 31 heavy (non-hydrogen) atoms. The predicted molar refractivity (Wildman–Crippen MR) is 120 cm³/mol. The van der Waals surface area contributed by atoms with Crippen LogP contribution in [-0.2, 0) is 0 Å². The zero-order valence-corrected chi connectivity index (χ0v) is 17.4. The second-order valence-electron chi connectivity index (χ2n) is 6.44. The van der Waals surface area contributed by atoms with Gasteiger partial charge in [-0.15, -0.1) is 0 Å². The molecule has 0 amide bonds. The summed E-state index contributed by atoms with van der Waals surface area (Å²) in [5, 5.41) is 24.5. The van der Waals surface area contributed by atoms with Crippen LogP contribution in [0.2, 0.25) is 10.0 Å². The molecule has 0 spiro atoms. The number of rotatable bonds is 4. The van der Waals surface area contributed by atoms with Gasteiger partial charge in [-0.25, -0.2) is 4.68 Å². The van der Waals surface area contributed by atoms with E-state index in [1.165, 1.54) is 10.8 Å². The maximum absolute atomic E-state index is 9.74. The van der Waals surface area contributed by atoms with Gasteiger partial charge in [-0.1, -0.05) is 47.5 Å². The third kappa shape index (κ3) is 3.78. The number of hydrogen-bond donors (Lipinski definition) is 1. The van der Waals surface area contributed by atoms with Crippen molar-refractivity contribution in [2.45, 2.75) is 0 Å². The standard InChI is InChI=1S/C23H13Cl2N5O/c24-19-8-4-7-17(21(19)25)20-10-9-16(31-20)11-14(12-26)22-18(13-27)23(28)30(29-22)15-5-2-1-3-6-15/h1-11H,28H2/b14-11+. The summed E-state index contributed by atoms with van der Waals surface area (Å²) in [5.74, 6) is 1.03. The SMILES string of the molecule is N#C/C(=C\c1ccc(-c2cccc(Cl)c2Cl)o1)c1nn(-c2ccccc2)c(N)c1C#N. The smallest absolute Gasteiger partial charge is 0.145 e. The van der Waals surface area contributed by atoms with Crippen LogP contribution in [0.3, 0.4) is 0 Å². The zero-order chi connectivity index (χ0) is 22.0. The number of nitriles is 2. The highest BCUT2D eigenvalue weighted by molar-refractivity contribution is 6.43. The first-order chi connectivity index (χ1) is 15.0. The van der Waals surface area contributed by atoms with Crippen LogP contribution < -0.4 is 5.73 Å². The Morgan fingerprint density at radius 1 is 1.03 bits per heavy atom. The fraction of sp³-hybridized carbons (Fsp3) is 0. The van der Waals surface area contributed by atoms with E-state index in [0.717, 1.165) is 0 Å². The predicted octanol–water partition coefficient (Wildman–Crippen LogP) is 5.96.